The highest BCUT2D eigenvalue weighted by atomic mass is 79.9. The Balaban J connectivity index is 3.25. The fourth-order valence-electron chi connectivity index (χ4n) is 3.07. The molecular formula is C25H45BrO5Si2. The van der Waals surface area contributed by atoms with E-state index in [0.717, 1.165) is 0 Å². The molecule has 0 N–H and O–H groups in total. The van der Waals surface area contributed by atoms with Crippen LogP contribution in [-0.2, 0) is 23.1 Å². The Morgan fingerprint density at radius 3 is 1.88 bits per heavy atom. The number of esters is 1. The Hall–Kier alpha value is -0.596. The van der Waals surface area contributed by atoms with Gasteiger partial charge in [0.15, 0.2) is 16.6 Å². The van der Waals surface area contributed by atoms with Crippen LogP contribution in [0.4, 0.5) is 0 Å². The van der Waals surface area contributed by atoms with Crippen LogP contribution in [0.5, 0.6) is 0 Å². The maximum absolute atomic E-state index is 12.1. The van der Waals surface area contributed by atoms with E-state index in [1.807, 2.05) is 0 Å². The van der Waals surface area contributed by atoms with Gasteiger partial charge in [-0.05, 0) is 47.5 Å². The highest BCUT2D eigenvalue weighted by Gasteiger charge is 2.43. The molecule has 1 aliphatic rings. The number of carbonyl (C=O) groups is 1. The first-order valence-electron chi connectivity index (χ1n) is 11.8. The van der Waals surface area contributed by atoms with Crippen LogP contribution in [0.2, 0.25) is 36.3 Å². The summed E-state index contributed by atoms with van der Waals surface area (Å²) < 4.78 is 24.9. The molecule has 0 aromatic heterocycles. The molecule has 0 aromatic rings. The third kappa shape index (κ3) is 9.52. The van der Waals surface area contributed by atoms with Crippen LogP contribution in [0.3, 0.4) is 0 Å². The van der Waals surface area contributed by atoms with Crippen molar-refractivity contribution >= 4 is 38.5 Å². The molecule has 0 spiro atoms. The third-order valence-electron chi connectivity index (χ3n) is 6.89. The Kier molecular flexibility index (Phi) is 10.1. The molecule has 0 aliphatic carbocycles. The first kappa shape index (κ1) is 30.4. The molecule has 0 aromatic carbocycles. The molecule has 0 amide bonds. The lowest BCUT2D eigenvalue weighted by molar-refractivity contribution is -0.206. The van der Waals surface area contributed by atoms with Crippen LogP contribution in [0.15, 0.2) is 11.8 Å². The summed E-state index contributed by atoms with van der Waals surface area (Å²) in [5.41, 5.74) is 0. The van der Waals surface area contributed by atoms with Gasteiger partial charge >= 0.3 is 5.97 Å². The number of hydrogen-bond donors (Lipinski definition) is 0. The van der Waals surface area contributed by atoms with E-state index < -0.39 is 22.4 Å². The number of hydrogen-bond acceptors (Lipinski definition) is 5. The fourth-order valence-corrected chi connectivity index (χ4v) is 5.97. The zero-order valence-corrected chi connectivity index (χ0v) is 26.4. The van der Waals surface area contributed by atoms with Crippen LogP contribution in [0.25, 0.3) is 0 Å². The summed E-state index contributed by atoms with van der Waals surface area (Å²) in [6, 6.07) is 0. The van der Waals surface area contributed by atoms with Crippen molar-refractivity contribution in [2.24, 2.45) is 0 Å². The highest BCUT2D eigenvalue weighted by molar-refractivity contribution is 9.12. The lowest BCUT2D eigenvalue weighted by Crippen LogP contribution is -2.47. The van der Waals surface area contributed by atoms with Crippen molar-refractivity contribution < 1.29 is 23.1 Å². The van der Waals surface area contributed by atoms with Crippen LogP contribution in [0, 0.1) is 10.8 Å². The zero-order chi connectivity index (χ0) is 25.9. The van der Waals surface area contributed by atoms with E-state index >= 15 is 0 Å². The van der Waals surface area contributed by atoms with Crippen molar-refractivity contribution in [2.75, 3.05) is 0 Å². The smallest absolute Gasteiger partial charge is 0.337 e. The quantitative estimate of drug-likeness (QED) is 0.166. The predicted octanol–water partition coefficient (Wildman–Crippen LogP) is 7.49. The molecule has 0 bridgehead atoms. The molecule has 1 rings (SSSR count). The monoisotopic (exact) mass is 560 g/mol. The molecule has 0 fully saturated rings. The summed E-state index contributed by atoms with van der Waals surface area (Å²) in [7, 11) is -4.10. The van der Waals surface area contributed by atoms with E-state index in [1.54, 1.807) is 13.8 Å². The van der Waals surface area contributed by atoms with Gasteiger partial charge in [-0.15, -0.1) is 0 Å². The van der Waals surface area contributed by atoms with Crippen molar-refractivity contribution in [1.82, 2.24) is 0 Å². The van der Waals surface area contributed by atoms with Gasteiger partial charge < -0.3 is 18.3 Å². The SMILES string of the molecule is CC1(C)OC(=O)C=C(C[C@@H](C[C@@H](CC#CBr)O[Si](C)(C)C(C)(C)C)O[Si](C)(C)C(C)(C)C)O1. The predicted molar refractivity (Wildman–Crippen MR) is 144 cm³/mol. The number of rotatable bonds is 9. The van der Waals surface area contributed by atoms with Gasteiger partial charge in [0.25, 0.3) is 0 Å². The van der Waals surface area contributed by atoms with Crippen molar-refractivity contribution in [3.63, 3.8) is 0 Å². The van der Waals surface area contributed by atoms with E-state index in [0.29, 0.717) is 25.0 Å². The Morgan fingerprint density at radius 2 is 1.45 bits per heavy atom. The van der Waals surface area contributed by atoms with E-state index in [2.05, 4.69) is 94.4 Å². The largest absolute Gasteiger partial charge is 0.457 e. The van der Waals surface area contributed by atoms with Crippen molar-refractivity contribution in [1.29, 1.82) is 0 Å². The van der Waals surface area contributed by atoms with E-state index in [1.165, 1.54) is 6.08 Å². The summed E-state index contributed by atoms with van der Waals surface area (Å²) in [4.78, 5) is 15.0. The molecule has 1 aliphatic heterocycles. The maximum atomic E-state index is 12.1. The average molecular weight is 562 g/mol. The van der Waals surface area contributed by atoms with Gasteiger partial charge in [-0.2, -0.15) is 0 Å². The second kappa shape index (κ2) is 11.0. The molecule has 1 heterocycles. The fraction of sp³-hybridized carbons (Fsp3) is 0.800. The van der Waals surface area contributed by atoms with Gasteiger partial charge in [0.2, 0.25) is 5.79 Å². The first-order chi connectivity index (χ1) is 14.7. The molecule has 190 valence electrons. The molecule has 0 saturated heterocycles. The minimum absolute atomic E-state index is 0.0523. The third-order valence-corrected chi connectivity index (χ3v) is 16.2. The second-order valence-corrected chi connectivity index (χ2v) is 22.4. The van der Waals surface area contributed by atoms with Crippen molar-refractivity contribution in [3.8, 4) is 10.8 Å². The van der Waals surface area contributed by atoms with Gasteiger partial charge in [-0.3, -0.25) is 0 Å². The molecule has 2 atom stereocenters. The van der Waals surface area contributed by atoms with Gasteiger partial charge in [0, 0.05) is 42.6 Å². The van der Waals surface area contributed by atoms with Gasteiger partial charge in [0.1, 0.15) is 5.76 Å². The van der Waals surface area contributed by atoms with Gasteiger partial charge in [-0.25, -0.2) is 4.79 Å². The van der Waals surface area contributed by atoms with E-state index in [9.17, 15) is 4.79 Å². The van der Waals surface area contributed by atoms with E-state index in [-0.39, 0.29) is 28.3 Å². The number of halogens is 1. The second-order valence-electron chi connectivity index (χ2n) is 12.4. The van der Waals surface area contributed by atoms with Crippen molar-refractivity contribution in [2.45, 2.75) is 129 Å². The van der Waals surface area contributed by atoms with Crippen LogP contribution in [0.1, 0.15) is 74.7 Å². The van der Waals surface area contributed by atoms with Crippen LogP contribution < -0.4 is 0 Å². The maximum Gasteiger partial charge on any atom is 0.337 e. The number of carbonyl (C=O) groups excluding carboxylic acids is 1. The topological polar surface area (TPSA) is 54.0 Å². The molecule has 8 heteroatoms. The van der Waals surface area contributed by atoms with Crippen molar-refractivity contribution in [3.05, 3.63) is 11.8 Å². The zero-order valence-electron chi connectivity index (χ0n) is 22.8. The summed E-state index contributed by atoms with van der Waals surface area (Å²) >= 11 is 3.23. The molecule has 5 nitrogen and oxygen atoms in total. The summed E-state index contributed by atoms with van der Waals surface area (Å²) in [6.07, 6.45) is 2.99. The lowest BCUT2D eigenvalue weighted by Gasteiger charge is -2.43. The summed E-state index contributed by atoms with van der Waals surface area (Å²) in [5.74, 6) is 2.37. The molecule has 0 unspecified atom stereocenters. The minimum Gasteiger partial charge on any atom is -0.457 e. The standard InChI is InChI=1S/C25H45BrO5Si2/c1-23(2,3)32(9,10)30-19(14-13-15-26)16-21(31-33(11,12)24(4,5)6)17-20-18-22(27)29-25(7,8)28-20/h18-19,21H,14,16-17H2,1-12H3/t19-,21-/m1/s1. The Morgan fingerprint density at radius 1 is 0.970 bits per heavy atom. The van der Waals surface area contributed by atoms with Gasteiger partial charge in [0.05, 0.1) is 18.3 Å². The first-order valence-corrected chi connectivity index (χ1v) is 18.4. The molecular weight excluding hydrogens is 516 g/mol. The molecule has 0 saturated carbocycles. The summed E-state index contributed by atoms with van der Waals surface area (Å²) in [6.45, 7) is 25.9. The average Bonchev–Trinajstić information content (AvgIpc) is 2.54. The highest BCUT2D eigenvalue weighted by Crippen LogP contribution is 2.41. The normalized spacial score (nSPS) is 18.9. The number of ether oxygens (including phenoxy) is 2. The summed E-state index contributed by atoms with van der Waals surface area (Å²) in [5, 5.41) is 0.141. The molecule has 0 radical (unpaired) electrons. The minimum atomic E-state index is -2.09. The van der Waals surface area contributed by atoms with Crippen LogP contribution >= 0.6 is 15.9 Å². The van der Waals surface area contributed by atoms with Crippen LogP contribution in [-0.4, -0.2) is 40.6 Å². The van der Waals surface area contributed by atoms with E-state index in [4.69, 9.17) is 18.3 Å². The number of cyclic esters (lactones) is 1. The Bertz CT molecular complexity index is 779. The van der Waals surface area contributed by atoms with Gasteiger partial charge in [-0.1, -0.05) is 47.5 Å². The Labute approximate surface area is 212 Å². The molecule has 33 heavy (non-hydrogen) atoms. The lowest BCUT2D eigenvalue weighted by atomic mass is 10.1.